The van der Waals surface area contributed by atoms with Crippen LogP contribution in [0.25, 0.3) is 33.5 Å². The summed E-state index contributed by atoms with van der Waals surface area (Å²) >= 11 is 0. The van der Waals surface area contributed by atoms with E-state index in [1.807, 2.05) is 36.4 Å². The third-order valence-electron chi connectivity index (χ3n) is 4.94. The Kier molecular flexibility index (Phi) is 4.44. The van der Waals surface area contributed by atoms with E-state index in [9.17, 15) is 4.79 Å². The fourth-order valence-corrected chi connectivity index (χ4v) is 3.34. The molecule has 2 heterocycles. The number of fused-ring (bicyclic) bond motifs is 2. The van der Waals surface area contributed by atoms with E-state index in [2.05, 4.69) is 30.7 Å². The normalized spacial score (nSPS) is 11.4. The first-order chi connectivity index (χ1) is 13.1. The minimum absolute atomic E-state index is 0.293. The minimum Gasteiger partial charge on any atom is -0.436 e. The van der Waals surface area contributed by atoms with Crippen LogP contribution in [-0.4, -0.2) is 18.1 Å². The molecule has 5 heteroatoms. The minimum atomic E-state index is -0.443. The van der Waals surface area contributed by atoms with Crippen LogP contribution in [-0.2, 0) is 6.42 Å². The maximum Gasteiger partial charge on any atom is 0.349 e. The molecule has 0 N–H and O–H groups in total. The number of hydrogen-bond donors (Lipinski definition) is 0. The third-order valence-corrected chi connectivity index (χ3v) is 4.94. The monoisotopic (exact) mass is 362 g/mol. The summed E-state index contributed by atoms with van der Waals surface area (Å²) in [5.41, 5.74) is 4.10. The Bertz CT molecular complexity index is 1170. The molecule has 0 aliphatic rings. The van der Waals surface area contributed by atoms with Crippen molar-refractivity contribution in [2.24, 2.45) is 0 Å². The summed E-state index contributed by atoms with van der Waals surface area (Å²) in [6, 6.07) is 13.6. The van der Waals surface area contributed by atoms with Gasteiger partial charge in [-0.15, -0.1) is 0 Å². The van der Waals surface area contributed by atoms with Crippen LogP contribution in [0.3, 0.4) is 0 Å². The van der Waals surface area contributed by atoms with E-state index in [0.29, 0.717) is 22.6 Å². The van der Waals surface area contributed by atoms with Crippen LogP contribution in [0, 0.1) is 0 Å². The van der Waals surface area contributed by atoms with E-state index in [1.54, 1.807) is 6.07 Å². The smallest absolute Gasteiger partial charge is 0.349 e. The molecule has 27 heavy (non-hydrogen) atoms. The van der Waals surface area contributed by atoms with Gasteiger partial charge in [-0.3, -0.25) is 0 Å². The highest BCUT2D eigenvalue weighted by molar-refractivity contribution is 5.84. The Morgan fingerprint density at radius 2 is 1.74 bits per heavy atom. The number of anilines is 1. The Morgan fingerprint density at radius 1 is 0.926 bits per heavy atom. The zero-order valence-electron chi connectivity index (χ0n) is 15.8. The molecular weight excluding hydrogens is 340 g/mol. The Balaban J connectivity index is 1.81. The molecule has 0 radical (unpaired) electrons. The average molecular weight is 362 g/mol. The van der Waals surface area contributed by atoms with E-state index in [-0.39, 0.29) is 0 Å². The van der Waals surface area contributed by atoms with Gasteiger partial charge in [0.2, 0.25) is 5.89 Å². The lowest BCUT2D eigenvalue weighted by Gasteiger charge is -2.20. The number of hydrogen-bond acceptors (Lipinski definition) is 5. The van der Waals surface area contributed by atoms with Crippen LogP contribution >= 0.6 is 0 Å². The van der Waals surface area contributed by atoms with Crippen molar-refractivity contribution >= 4 is 27.8 Å². The first-order valence-corrected chi connectivity index (χ1v) is 9.35. The molecule has 0 saturated carbocycles. The van der Waals surface area contributed by atoms with Gasteiger partial charge in [0.05, 0.1) is 0 Å². The van der Waals surface area contributed by atoms with Gasteiger partial charge in [-0.05, 0) is 56.2 Å². The fraction of sp³-hybridized carbons (Fsp3) is 0.273. The van der Waals surface area contributed by atoms with Gasteiger partial charge in [0, 0.05) is 30.2 Å². The highest BCUT2D eigenvalue weighted by Crippen LogP contribution is 2.27. The maximum atomic E-state index is 12.6. The van der Waals surface area contributed by atoms with Crippen molar-refractivity contribution in [2.75, 3.05) is 18.0 Å². The van der Waals surface area contributed by atoms with Crippen LogP contribution in [0.2, 0.25) is 0 Å². The summed E-state index contributed by atoms with van der Waals surface area (Å²) in [5, 5.41) is 0.844. The van der Waals surface area contributed by atoms with Crippen molar-refractivity contribution in [3.05, 3.63) is 58.4 Å². The van der Waals surface area contributed by atoms with Crippen molar-refractivity contribution in [1.82, 2.24) is 4.98 Å². The summed E-state index contributed by atoms with van der Waals surface area (Å²) in [4.78, 5) is 19.3. The molecule has 0 fully saturated rings. The Labute approximate surface area is 157 Å². The topological polar surface area (TPSA) is 59.5 Å². The molecule has 2 aromatic heterocycles. The second-order valence-electron chi connectivity index (χ2n) is 6.52. The zero-order chi connectivity index (χ0) is 19.0. The van der Waals surface area contributed by atoms with Crippen molar-refractivity contribution in [2.45, 2.75) is 27.2 Å². The SMILES string of the molecule is CCc1ccc2oc(-c3cc4ccc(N(CC)CC)cc4oc3=O)nc2c1. The largest absolute Gasteiger partial charge is 0.436 e. The van der Waals surface area contributed by atoms with Gasteiger partial charge in [0.1, 0.15) is 16.7 Å². The van der Waals surface area contributed by atoms with Gasteiger partial charge in [-0.1, -0.05) is 13.0 Å². The fourth-order valence-electron chi connectivity index (χ4n) is 3.34. The summed E-state index contributed by atoms with van der Waals surface area (Å²) in [5.74, 6) is 0.293. The number of oxazole rings is 1. The second-order valence-corrected chi connectivity index (χ2v) is 6.52. The molecule has 0 bridgehead atoms. The predicted molar refractivity (Wildman–Crippen MR) is 108 cm³/mol. The Hall–Kier alpha value is -3.08. The number of nitrogens with zero attached hydrogens (tertiary/aromatic N) is 2. The van der Waals surface area contributed by atoms with Crippen LogP contribution in [0.15, 0.2) is 56.1 Å². The maximum absolute atomic E-state index is 12.6. The van der Waals surface area contributed by atoms with Crippen LogP contribution in [0.4, 0.5) is 5.69 Å². The van der Waals surface area contributed by atoms with Crippen LogP contribution < -0.4 is 10.5 Å². The molecule has 0 atom stereocenters. The lowest BCUT2D eigenvalue weighted by atomic mass is 10.1. The van der Waals surface area contributed by atoms with Crippen LogP contribution in [0.1, 0.15) is 26.3 Å². The first kappa shape index (κ1) is 17.3. The quantitative estimate of drug-likeness (QED) is 0.467. The number of benzene rings is 2. The van der Waals surface area contributed by atoms with Crippen molar-refractivity contribution in [1.29, 1.82) is 0 Å². The lowest BCUT2D eigenvalue weighted by molar-refractivity contribution is 0.553. The molecule has 4 aromatic rings. The standard InChI is InChI=1S/C22H22N2O3/c1-4-14-7-10-19-18(11-14)23-21(26-19)17-12-15-8-9-16(24(5-2)6-3)13-20(15)27-22(17)25/h7-13H,4-6H2,1-3H3. The van der Waals surface area contributed by atoms with Crippen molar-refractivity contribution in [3.63, 3.8) is 0 Å². The Morgan fingerprint density at radius 3 is 2.48 bits per heavy atom. The first-order valence-electron chi connectivity index (χ1n) is 9.35. The van der Waals surface area contributed by atoms with E-state index >= 15 is 0 Å². The van der Waals surface area contributed by atoms with Gasteiger partial charge >= 0.3 is 5.63 Å². The molecule has 5 nitrogen and oxygen atoms in total. The number of aromatic nitrogens is 1. The molecule has 0 aliphatic heterocycles. The molecule has 138 valence electrons. The summed E-state index contributed by atoms with van der Waals surface area (Å²) in [7, 11) is 0. The summed E-state index contributed by atoms with van der Waals surface area (Å²) < 4.78 is 11.4. The van der Waals surface area contributed by atoms with Gasteiger partial charge in [-0.25, -0.2) is 9.78 Å². The molecule has 0 amide bonds. The second kappa shape index (κ2) is 6.91. The third kappa shape index (κ3) is 3.10. The molecule has 2 aromatic carbocycles. The summed E-state index contributed by atoms with van der Waals surface area (Å²) in [6.45, 7) is 8.08. The zero-order valence-corrected chi connectivity index (χ0v) is 15.8. The van der Waals surface area contributed by atoms with Crippen molar-refractivity contribution < 1.29 is 8.83 Å². The van der Waals surface area contributed by atoms with E-state index in [4.69, 9.17) is 8.83 Å². The molecule has 0 unspecified atom stereocenters. The molecule has 0 saturated heterocycles. The number of rotatable bonds is 5. The van der Waals surface area contributed by atoms with Crippen molar-refractivity contribution in [3.8, 4) is 11.5 Å². The van der Waals surface area contributed by atoms with Gasteiger partial charge < -0.3 is 13.7 Å². The van der Waals surface area contributed by atoms with Crippen LogP contribution in [0.5, 0.6) is 0 Å². The predicted octanol–water partition coefficient (Wildman–Crippen LogP) is 5.01. The lowest BCUT2D eigenvalue weighted by Crippen LogP contribution is -2.21. The molecule has 0 spiro atoms. The molecule has 4 rings (SSSR count). The van der Waals surface area contributed by atoms with Gasteiger partial charge in [-0.2, -0.15) is 0 Å². The average Bonchev–Trinajstić information content (AvgIpc) is 3.11. The molecule has 0 aliphatic carbocycles. The summed E-state index contributed by atoms with van der Waals surface area (Å²) in [6.07, 6.45) is 0.922. The van der Waals surface area contributed by atoms with Gasteiger partial charge in [0.25, 0.3) is 0 Å². The van der Waals surface area contributed by atoms with E-state index in [0.717, 1.165) is 36.1 Å². The molecular formula is C22H22N2O3. The number of aryl methyl sites for hydroxylation is 1. The van der Waals surface area contributed by atoms with Gasteiger partial charge in [0.15, 0.2) is 5.58 Å². The highest BCUT2D eigenvalue weighted by Gasteiger charge is 2.15. The van der Waals surface area contributed by atoms with E-state index < -0.39 is 5.63 Å². The van der Waals surface area contributed by atoms with E-state index in [1.165, 1.54) is 5.56 Å². The highest BCUT2D eigenvalue weighted by atomic mass is 16.4.